The number of hydrogen-bond acceptors (Lipinski definition) is 9. The number of pyridine rings is 2. The van der Waals surface area contributed by atoms with E-state index in [1.165, 1.54) is 16.5 Å². The van der Waals surface area contributed by atoms with Gasteiger partial charge in [-0.15, -0.1) is 0 Å². The molecule has 2 aliphatic rings. The summed E-state index contributed by atoms with van der Waals surface area (Å²) in [6.07, 6.45) is 3.99. The van der Waals surface area contributed by atoms with Crippen molar-refractivity contribution in [1.82, 2.24) is 34.6 Å². The van der Waals surface area contributed by atoms with E-state index in [9.17, 15) is 19.5 Å². The predicted octanol–water partition coefficient (Wildman–Crippen LogP) is 3.51. The number of fused-ring (bicyclic) bond motifs is 2. The van der Waals surface area contributed by atoms with E-state index in [4.69, 9.17) is 4.98 Å². The van der Waals surface area contributed by atoms with Crippen LogP contribution >= 0.6 is 15.9 Å². The van der Waals surface area contributed by atoms with Gasteiger partial charge < -0.3 is 15.3 Å². The molecule has 0 unspecified atom stereocenters. The van der Waals surface area contributed by atoms with Crippen LogP contribution in [0.5, 0.6) is 0 Å². The van der Waals surface area contributed by atoms with Gasteiger partial charge in [0.05, 0.1) is 16.9 Å². The lowest BCUT2D eigenvalue weighted by Gasteiger charge is -2.30. The Balaban J connectivity index is 1.34. The summed E-state index contributed by atoms with van der Waals surface area (Å²) in [4.78, 5) is 58.8. The first-order valence-electron chi connectivity index (χ1n) is 13.5. The maximum absolute atomic E-state index is 13.9. The number of rotatable bonds is 6. The van der Waals surface area contributed by atoms with Crippen LogP contribution in [0.25, 0.3) is 22.2 Å². The average Bonchev–Trinajstić information content (AvgIpc) is 3.18. The summed E-state index contributed by atoms with van der Waals surface area (Å²) in [6.45, 7) is 8.37. The number of carbonyl (C=O) groups excluding carboxylic acids is 3. The normalized spacial score (nSPS) is 22.7. The first-order chi connectivity index (χ1) is 19.8. The number of likely N-dealkylation sites (tertiary alicyclic amines) is 1. The highest BCUT2D eigenvalue weighted by atomic mass is 79.9. The standard InChI is InChI=1S/C29H29BrN8O4/c1-14-6-7-22(30)34-26(14)35-27(41)21-9-28(5)13-29(28,42)38(21)23(40)12-37-25-15(2)33-20(18-10-31-17(4)32-11-18)8-19(25)24(36-37)16(3)39/h6-8,10-11,21,42H,9,12-13H2,1-5H3,(H,34,35,41)/t21-,28-,29-/m0/s1. The Morgan fingerprint density at radius 2 is 1.86 bits per heavy atom. The Hall–Kier alpha value is -4.10. The molecule has 5 heterocycles. The summed E-state index contributed by atoms with van der Waals surface area (Å²) in [5.74, 6) is -0.200. The van der Waals surface area contributed by atoms with E-state index in [1.807, 2.05) is 19.9 Å². The molecule has 4 aromatic heterocycles. The van der Waals surface area contributed by atoms with Crippen molar-refractivity contribution in [1.29, 1.82) is 0 Å². The van der Waals surface area contributed by atoms with Crippen molar-refractivity contribution in [2.24, 2.45) is 5.41 Å². The van der Waals surface area contributed by atoms with E-state index in [1.54, 1.807) is 38.4 Å². The summed E-state index contributed by atoms with van der Waals surface area (Å²) in [5.41, 5.74) is 1.22. The van der Waals surface area contributed by atoms with Gasteiger partial charge in [0.25, 0.3) is 0 Å². The van der Waals surface area contributed by atoms with Gasteiger partial charge in [-0.25, -0.2) is 15.0 Å². The molecule has 6 rings (SSSR count). The topological polar surface area (TPSA) is 156 Å². The third kappa shape index (κ3) is 4.47. The number of nitrogens with zero attached hydrogens (tertiary/aromatic N) is 7. The van der Waals surface area contributed by atoms with E-state index in [-0.39, 0.29) is 18.0 Å². The molecule has 1 aliphatic heterocycles. The van der Waals surface area contributed by atoms with Crippen LogP contribution in [-0.2, 0) is 16.1 Å². The van der Waals surface area contributed by atoms with Gasteiger partial charge in [-0.3, -0.25) is 24.0 Å². The van der Waals surface area contributed by atoms with Crippen molar-refractivity contribution in [3.63, 3.8) is 0 Å². The molecule has 1 saturated heterocycles. The Labute approximate surface area is 249 Å². The molecule has 2 amide bonds. The number of aliphatic hydroxyl groups is 1. The second-order valence-corrected chi connectivity index (χ2v) is 12.2. The average molecular weight is 634 g/mol. The zero-order valence-corrected chi connectivity index (χ0v) is 25.4. The number of amides is 2. The van der Waals surface area contributed by atoms with Gasteiger partial charge in [0.15, 0.2) is 5.78 Å². The molecule has 0 aromatic carbocycles. The highest BCUT2D eigenvalue weighted by Crippen LogP contribution is 2.66. The fourth-order valence-electron chi connectivity index (χ4n) is 5.96. The zero-order chi connectivity index (χ0) is 30.1. The van der Waals surface area contributed by atoms with Gasteiger partial charge in [0.2, 0.25) is 11.8 Å². The molecule has 2 N–H and O–H groups in total. The third-order valence-electron chi connectivity index (χ3n) is 8.30. The molecular weight excluding hydrogens is 604 g/mol. The number of Topliss-reactive ketones (excluding diaryl/α,β-unsaturated/α-hetero) is 1. The summed E-state index contributed by atoms with van der Waals surface area (Å²) in [5, 5.41) is 19.3. The van der Waals surface area contributed by atoms with Crippen molar-refractivity contribution in [2.45, 2.75) is 65.8 Å². The molecule has 1 aliphatic carbocycles. The minimum absolute atomic E-state index is 0.194. The largest absolute Gasteiger partial charge is 0.370 e. The summed E-state index contributed by atoms with van der Waals surface area (Å²) in [7, 11) is 0. The SMILES string of the molecule is CC(=O)c1nn(CC(=O)N2[C@H](C(=O)Nc3nc(Br)ccc3C)C[C@@]3(C)C[C@@]23O)c2c(C)nc(-c3cnc(C)nc3)cc12. The van der Waals surface area contributed by atoms with Crippen LogP contribution in [-0.4, -0.2) is 69.1 Å². The molecular formula is C29H29BrN8O4. The lowest BCUT2D eigenvalue weighted by Crippen LogP contribution is -2.51. The molecule has 0 radical (unpaired) electrons. The molecule has 13 heteroatoms. The van der Waals surface area contributed by atoms with Gasteiger partial charge >= 0.3 is 0 Å². The monoisotopic (exact) mass is 632 g/mol. The Morgan fingerprint density at radius 3 is 2.55 bits per heavy atom. The quantitative estimate of drug-likeness (QED) is 0.240. The van der Waals surface area contributed by atoms with Gasteiger partial charge in [-0.1, -0.05) is 13.0 Å². The van der Waals surface area contributed by atoms with E-state index < -0.39 is 29.0 Å². The van der Waals surface area contributed by atoms with Crippen LogP contribution in [0.4, 0.5) is 5.82 Å². The van der Waals surface area contributed by atoms with Crippen molar-refractivity contribution in [3.05, 3.63) is 58.0 Å². The van der Waals surface area contributed by atoms with Crippen LogP contribution in [0.2, 0.25) is 0 Å². The number of nitrogens with one attached hydrogen (secondary N) is 1. The van der Waals surface area contributed by atoms with Gasteiger partial charge in [0, 0.05) is 42.1 Å². The van der Waals surface area contributed by atoms with Gasteiger partial charge in [-0.05, 0) is 60.8 Å². The van der Waals surface area contributed by atoms with Crippen LogP contribution in [0, 0.1) is 26.2 Å². The number of aryl methyl sites for hydroxylation is 3. The first kappa shape index (κ1) is 28.0. The number of piperidine rings is 1. The molecule has 42 heavy (non-hydrogen) atoms. The Bertz CT molecular complexity index is 1810. The number of hydrogen-bond donors (Lipinski definition) is 2. The highest BCUT2D eigenvalue weighted by Gasteiger charge is 2.75. The van der Waals surface area contributed by atoms with Crippen LogP contribution in [0.15, 0.2) is 35.2 Å². The maximum Gasteiger partial charge on any atom is 0.248 e. The molecule has 0 bridgehead atoms. The first-order valence-corrected chi connectivity index (χ1v) is 14.3. The van der Waals surface area contributed by atoms with Gasteiger partial charge in [-0.2, -0.15) is 5.10 Å². The summed E-state index contributed by atoms with van der Waals surface area (Å²) >= 11 is 3.32. The Morgan fingerprint density at radius 1 is 1.14 bits per heavy atom. The van der Waals surface area contributed by atoms with Gasteiger partial charge in [0.1, 0.15) is 40.3 Å². The van der Waals surface area contributed by atoms with E-state index in [0.29, 0.717) is 56.9 Å². The van der Waals surface area contributed by atoms with E-state index >= 15 is 0 Å². The fraction of sp³-hybridized carbons (Fsp3) is 0.379. The third-order valence-corrected chi connectivity index (χ3v) is 8.75. The molecule has 4 aromatic rings. The van der Waals surface area contributed by atoms with Crippen LogP contribution < -0.4 is 5.32 Å². The molecule has 0 spiro atoms. The van der Waals surface area contributed by atoms with Crippen molar-refractivity contribution >= 4 is 50.2 Å². The summed E-state index contributed by atoms with van der Waals surface area (Å²) in [6, 6.07) is 4.42. The number of anilines is 1. The fourth-order valence-corrected chi connectivity index (χ4v) is 6.27. The second-order valence-electron chi connectivity index (χ2n) is 11.4. The smallest absolute Gasteiger partial charge is 0.248 e. The molecule has 216 valence electrons. The maximum atomic E-state index is 13.9. The predicted molar refractivity (Wildman–Crippen MR) is 156 cm³/mol. The number of aromatic nitrogens is 6. The van der Waals surface area contributed by atoms with Crippen molar-refractivity contribution in [2.75, 3.05) is 5.32 Å². The molecule has 3 atom stereocenters. The lowest BCUT2D eigenvalue weighted by molar-refractivity contribution is -0.151. The molecule has 2 fully saturated rings. The van der Waals surface area contributed by atoms with Crippen molar-refractivity contribution < 1.29 is 19.5 Å². The number of halogens is 1. The van der Waals surface area contributed by atoms with E-state index in [2.05, 4.69) is 41.3 Å². The van der Waals surface area contributed by atoms with Crippen LogP contribution in [0.3, 0.4) is 0 Å². The lowest BCUT2D eigenvalue weighted by atomic mass is 10.0. The Kier molecular flexibility index (Phi) is 6.50. The van der Waals surface area contributed by atoms with Crippen molar-refractivity contribution in [3.8, 4) is 11.3 Å². The summed E-state index contributed by atoms with van der Waals surface area (Å²) < 4.78 is 1.99. The minimum atomic E-state index is -1.45. The molecule has 1 saturated carbocycles. The molecule has 12 nitrogen and oxygen atoms in total. The second kappa shape index (κ2) is 9.73. The van der Waals surface area contributed by atoms with Crippen LogP contribution in [0.1, 0.15) is 54.3 Å². The number of ketones is 1. The zero-order valence-electron chi connectivity index (χ0n) is 23.8. The number of carbonyl (C=O) groups is 3. The highest BCUT2D eigenvalue weighted by molar-refractivity contribution is 9.10. The minimum Gasteiger partial charge on any atom is -0.370 e. The van der Waals surface area contributed by atoms with E-state index in [0.717, 1.165) is 5.56 Å².